The van der Waals surface area contributed by atoms with Crippen molar-refractivity contribution in [2.75, 3.05) is 0 Å². The largest absolute Gasteiger partial charge is 0.388 e. The van der Waals surface area contributed by atoms with Gasteiger partial charge in [-0.25, -0.2) is 0 Å². The molecule has 1 aliphatic rings. The number of hydrogen-bond donors (Lipinski definition) is 4. The Balaban J connectivity index is 2.63. The normalized spacial score (nSPS) is 52.6. The van der Waals surface area contributed by atoms with Gasteiger partial charge in [-0.3, -0.25) is 0 Å². The molecule has 11 heavy (non-hydrogen) atoms. The van der Waals surface area contributed by atoms with Crippen LogP contribution in [-0.4, -0.2) is 51.1 Å². The molecule has 5 atom stereocenters. The van der Waals surface area contributed by atoms with E-state index in [4.69, 9.17) is 20.4 Å². The van der Waals surface area contributed by atoms with Crippen LogP contribution in [0.1, 0.15) is 6.92 Å². The van der Waals surface area contributed by atoms with Crippen LogP contribution in [0.3, 0.4) is 0 Å². The molecule has 0 aromatic heterocycles. The number of aliphatic hydroxyl groups is 4. The first kappa shape index (κ1) is 8.89. The van der Waals surface area contributed by atoms with E-state index in [-0.39, 0.29) is 0 Å². The highest BCUT2D eigenvalue weighted by Gasteiger charge is 2.40. The SMILES string of the molecule is CC1OC(O)[C@@H](O)C(O)[C@H]1O. The first-order valence-electron chi connectivity index (χ1n) is 3.41. The Hall–Kier alpha value is -0.200. The van der Waals surface area contributed by atoms with Gasteiger partial charge in [0.05, 0.1) is 6.10 Å². The van der Waals surface area contributed by atoms with Gasteiger partial charge in [-0.1, -0.05) is 0 Å². The Morgan fingerprint density at radius 1 is 0.909 bits per heavy atom. The van der Waals surface area contributed by atoms with Crippen LogP contribution in [0.5, 0.6) is 0 Å². The lowest BCUT2D eigenvalue weighted by Gasteiger charge is -2.36. The van der Waals surface area contributed by atoms with Crippen LogP contribution in [0.4, 0.5) is 0 Å². The van der Waals surface area contributed by atoms with Gasteiger partial charge in [-0.2, -0.15) is 0 Å². The van der Waals surface area contributed by atoms with E-state index in [1.165, 1.54) is 6.92 Å². The average Bonchev–Trinajstić information content (AvgIpc) is 1.97. The first-order chi connectivity index (χ1) is 5.04. The summed E-state index contributed by atoms with van der Waals surface area (Å²) < 4.78 is 4.68. The quantitative estimate of drug-likeness (QED) is 0.326. The van der Waals surface area contributed by atoms with Crippen LogP contribution in [-0.2, 0) is 4.74 Å². The van der Waals surface area contributed by atoms with Crippen LogP contribution >= 0.6 is 0 Å². The molecule has 0 amide bonds. The van der Waals surface area contributed by atoms with Crippen LogP contribution in [0.2, 0.25) is 0 Å². The van der Waals surface area contributed by atoms with Gasteiger partial charge in [-0.15, -0.1) is 0 Å². The molecule has 0 saturated carbocycles. The predicted octanol–water partition coefficient (Wildman–Crippen LogP) is -2.19. The van der Waals surface area contributed by atoms with Crippen molar-refractivity contribution in [3.05, 3.63) is 0 Å². The maximum absolute atomic E-state index is 9.09. The zero-order valence-corrected chi connectivity index (χ0v) is 6.08. The van der Waals surface area contributed by atoms with Gasteiger partial charge < -0.3 is 25.2 Å². The Labute approximate surface area is 63.8 Å². The molecule has 0 aromatic carbocycles. The van der Waals surface area contributed by atoms with E-state index in [1.807, 2.05) is 0 Å². The highest BCUT2D eigenvalue weighted by molar-refractivity contribution is 4.86. The second-order valence-corrected chi connectivity index (χ2v) is 2.70. The van der Waals surface area contributed by atoms with E-state index < -0.39 is 30.7 Å². The Morgan fingerprint density at radius 2 is 1.45 bits per heavy atom. The van der Waals surface area contributed by atoms with Gasteiger partial charge in [0.1, 0.15) is 18.3 Å². The first-order valence-corrected chi connectivity index (χ1v) is 3.41. The molecular weight excluding hydrogens is 152 g/mol. The highest BCUT2D eigenvalue weighted by Crippen LogP contribution is 2.18. The van der Waals surface area contributed by atoms with Crippen molar-refractivity contribution in [3.63, 3.8) is 0 Å². The molecule has 0 radical (unpaired) electrons. The number of hydrogen-bond acceptors (Lipinski definition) is 5. The molecule has 3 unspecified atom stereocenters. The topological polar surface area (TPSA) is 90.2 Å². The van der Waals surface area contributed by atoms with Crippen molar-refractivity contribution in [2.24, 2.45) is 0 Å². The molecule has 0 aliphatic carbocycles. The molecule has 1 saturated heterocycles. The molecule has 66 valence electrons. The van der Waals surface area contributed by atoms with Crippen LogP contribution in [0.25, 0.3) is 0 Å². The van der Waals surface area contributed by atoms with Crippen LogP contribution in [0.15, 0.2) is 0 Å². The average molecular weight is 164 g/mol. The molecule has 1 heterocycles. The molecule has 0 bridgehead atoms. The van der Waals surface area contributed by atoms with Crippen molar-refractivity contribution in [2.45, 2.75) is 37.6 Å². The Bertz CT molecular complexity index is 125. The molecule has 0 aromatic rings. The summed E-state index contributed by atoms with van der Waals surface area (Å²) in [6.07, 6.45) is -5.99. The van der Waals surface area contributed by atoms with Crippen molar-refractivity contribution >= 4 is 0 Å². The van der Waals surface area contributed by atoms with Gasteiger partial charge in [0.2, 0.25) is 0 Å². The van der Waals surface area contributed by atoms with E-state index >= 15 is 0 Å². The van der Waals surface area contributed by atoms with Gasteiger partial charge in [0, 0.05) is 0 Å². The van der Waals surface area contributed by atoms with Gasteiger partial charge >= 0.3 is 0 Å². The minimum Gasteiger partial charge on any atom is -0.388 e. The zero-order valence-electron chi connectivity index (χ0n) is 6.08. The van der Waals surface area contributed by atoms with Crippen molar-refractivity contribution in [3.8, 4) is 0 Å². The number of rotatable bonds is 0. The number of aliphatic hydroxyl groups excluding tert-OH is 4. The van der Waals surface area contributed by atoms with E-state index in [0.717, 1.165) is 0 Å². The summed E-state index contributed by atoms with van der Waals surface area (Å²) in [6.45, 7) is 1.50. The summed E-state index contributed by atoms with van der Waals surface area (Å²) in [6, 6.07) is 0. The molecule has 1 rings (SSSR count). The van der Waals surface area contributed by atoms with E-state index in [9.17, 15) is 0 Å². The maximum atomic E-state index is 9.09. The van der Waals surface area contributed by atoms with E-state index in [0.29, 0.717) is 0 Å². The summed E-state index contributed by atoms with van der Waals surface area (Å²) in [5, 5.41) is 36.0. The standard InChI is InChI=1S/C6H12O5/c1-2-3(7)4(8)5(9)6(10)11-2/h2-10H,1H3/t2?,3-,4?,5-,6?/m0/s1. The lowest BCUT2D eigenvalue weighted by molar-refractivity contribution is -0.277. The van der Waals surface area contributed by atoms with Gasteiger partial charge in [0.25, 0.3) is 0 Å². The minimum absolute atomic E-state index is 0.664. The summed E-state index contributed by atoms with van der Waals surface area (Å²) in [7, 11) is 0. The second-order valence-electron chi connectivity index (χ2n) is 2.70. The third-order valence-corrected chi connectivity index (χ3v) is 1.83. The summed E-state index contributed by atoms with van der Waals surface area (Å²) in [5.41, 5.74) is 0. The van der Waals surface area contributed by atoms with Crippen molar-refractivity contribution in [1.82, 2.24) is 0 Å². The Kier molecular flexibility index (Phi) is 2.46. The third-order valence-electron chi connectivity index (χ3n) is 1.83. The molecular formula is C6H12O5. The van der Waals surface area contributed by atoms with Crippen LogP contribution in [0, 0.1) is 0 Å². The van der Waals surface area contributed by atoms with Gasteiger partial charge in [0.15, 0.2) is 6.29 Å². The van der Waals surface area contributed by atoms with Crippen LogP contribution < -0.4 is 0 Å². The molecule has 0 spiro atoms. The fourth-order valence-corrected chi connectivity index (χ4v) is 1.03. The lowest BCUT2D eigenvalue weighted by atomic mass is 10.0. The maximum Gasteiger partial charge on any atom is 0.183 e. The zero-order chi connectivity index (χ0) is 8.59. The molecule has 1 fully saturated rings. The van der Waals surface area contributed by atoms with Crippen molar-refractivity contribution in [1.29, 1.82) is 0 Å². The van der Waals surface area contributed by atoms with E-state index in [2.05, 4.69) is 4.74 Å². The summed E-state index contributed by atoms with van der Waals surface area (Å²) >= 11 is 0. The lowest BCUT2D eigenvalue weighted by Crippen LogP contribution is -2.56. The third kappa shape index (κ3) is 1.52. The minimum atomic E-state index is -1.43. The van der Waals surface area contributed by atoms with Crippen molar-refractivity contribution < 1.29 is 25.2 Å². The molecule has 1 aliphatic heterocycles. The Morgan fingerprint density at radius 3 is 2.00 bits per heavy atom. The fourth-order valence-electron chi connectivity index (χ4n) is 1.03. The van der Waals surface area contributed by atoms with Gasteiger partial charge in [-0.05, 0) is 6.92 Å². The van der Waals surface area contributed by atoms with E-state index in [1.54, 1.807) is 0 Å². The summed E-state index contributed by atoms with van der Waals surface area (Å²) in [5.74, 6) is 0. The summed E-state index contributed by atoms with van der Waals surface area (Å²) in [4.78, 5) is 0. The smallest absolute Gasteiger partial charge is 0.183 e. The predicted molar refractivity (Wildman–Crippen MR) is 34.6 cm³/mol. The number of ether oxygens (including phenoxy) is 1. The molecule has 5 nitrogen and oxygen atoms in total. The second kappa shape index (κ2) is 3.04. The molecule has 4 N–H and O–H groups in total. The molecule has 5 heteroatoms. The monoisotopic (exact) mass is 164 g/mol. The fraction of sp³-hybridized carbons (Fsp3) is 1.00. The highest BCUT2D eigenvalue weighted by atomic mass is 16.6.